The molecule has 2 aliphatic rings. The maximum atomic E-state index is 13.6. The van der Waals surface area contributed by atoms with Gasteiger partial charge in [0.25, 0.3) is 10.0 Å². The number of nitrogens with one attached hydrogen (secondary N) is 2. The second kappa shape index (κ2) is 10.9. The third kappa shape index (κ3) is 5.88. The summed E-state index contributed by atoms with van der Waals surface area (Å²) in [5.41, 5.74) is 4.62. The van der Waals surface area contributed by atoms with Crippen molar-refractivity contribution in [2.45, 2.75) is 62.4 Å². The van der Waals surface area contributed by atoms with E-state index in [1.165, 1.54) is 24.3 Å². The van der Waals surface area contributed by atoms with Crippen molar-refractivity contribution in [2.24, 2.45) is 5.10 Å². The molecular formula is C29H31FN4O3S. The van der Waals surface area contributed by atoms with Gasteiger partial charge in [-0.25, -0.2) is 22.3 Å². The van der Waals surface area contributed by atoms with Gasteiger partial charge in [-0.15, -0.1) is 0 Å². The van der Waals surface area contributed by atoms with Crippen LogP contribution in [0.4, 0.5) is 14.9 Å². The molecule has 5 rings (SSSR count). The van der Waals surface area contributed by atoms with Gasteiger partial charge >= 0.3 is 6.03 Å². The number of nitrogens with zero attached hydrogens (tertiary/aromatic N) is 2. The summed E-state index contributed by atoms with van der Waals surface area (Å²) in [6.07, 6.45) is 5.53. The Kier molecular flexibility index (Phi) is 7.46. The summed E-state index contributed by atoms with van der Waals surface area (Å²) in [5, 5.41) is 9.48. The standard InChI is InChI=1S/C29H31FN4O3S/c1-20-7-9-21(10-8-20)27-19-28(22-11-13-23(30)14-12-22)34(32-27)25-15-17-26(18-16-25)38(36,37)33-29(35)31-24-5-3-2-4-6-24/h7-18,24,28H,2-6,19H2,1H3,(H2,31,33,35). The summed E-state index contributed by atoms with van der Waals surface area (Å²) in [6, 6.07) is 19.8. The molecule has 3 aromatic rings. The molecule has 9 heteroatoms. The van der Waals surface area contributed by atoms with E-state index in [9.17, 15) is 17.6 Å². The maximum Gasteiger partial charge on any atom is 0.328 e. The van der Waals surface area contributed by atoms with Crippen LogP contribution in [0.2, 0.25) is 0 Å². The molecule has 1 atom stereocenters. The molecule has 198 valence electrons. The van der Waals surface area contributed by atoms with Crippen LogP contribution >= 0.6 is 0 Å². The lowest BCUT2D eigenvalue weighted by atomic mass is 9.96. The number of hydrazone groups is 1. The van der Waals surface area contributed by atoms with Crippen molar-refractivity contribution in [1.29, 1.82) is 0 Å². The second-order valence-electron chi connectivity index (χ2n) is 9.94. The van der Waals surface area contributed by atoms with Crippen LogP contribution in [0.25, 0.3) is 0 Å². The fourth-order valence-corrected chi connectivity index (χ4v) is 5.95. The molecule has 3 aromatic carbocycles. The molecule has 0 radical (unpaired) electrons. The lowest BCUT2D eigenvalue weighted by molar-refractivity contribution is 0.237. The summed E-state index contributed by atoms with van der Waals surface area (Å²) in [5.74, 6) is -0.312. The molecule has 0 aromatic heterocycles. The van der Waals surface area contributed by atoms with E-state index in [2.05, 4.69) is 10.0 Å². The Morgan fingerprint density at radius 2 is 1.58 bits per heavy atom. The molecule has 1 aliphatic heterocycles. The number of rotatable bonds is 6. The van der Waals surface area contributed by atoms with Crippen molar-refractivity contribution >= 4 is 27.5 Å². The first kappa shape index (κ1) is 25.9. The van der Waals surface area contributed by atoms with E-state index in [0.717, 1.165) is 54.5 Å². The molecule has 2 amide bonds. The number of aryl methyl sites for hydroxylation is 1. The van der Waals surface area contributed by atoms with Gasteiger partial charge in [-0.1, -0.05) is 61.2 Å². The molecule has 0 bridgehead atoms. The van der Waals surface area contributed by atoms with Crippen molar-refractivity contribution in [1.82, 2.24) is 10.0 Å². The van der Waals surface area contributed by atoms with Crippen LogP contribution in [-0.4, -0.2) is 26.2 Å². The van der Waals surface area contributed by atoms with Crippen LogP contribution in [-0.2, 0) is 10.0 Å². The van der Waals surface area contributed by atoms with E-state index in [1.807, 2.05) is 36.2 Å². The molecule has 38 heavy (non-hydrogen) atoms. The Balaban J connectivity index is 1.37. The minimum Gasteiger partial charge on any atom is -0.335 e. The molecule has 1 heterocycles. The van der Waals surface area contributed by atoms with Crippen molar-refractivity contribution in [3.05, 3.63) is 95.3 Å². The summed E-state index contributed by atoms with van der Waals surface area (Å²) in [6.45, 7) is 2.03. The number of benzene rings is 3. The van der Waals surface area contributed by atoms with E-state index in [4.69, 9.17) is 5.10 Å². The molecule has 1 unspecified atom stereocenters. The van der Waals surface area contributed by atoms with Gasteiger partial charge in [-0.2, -0.15) is 5.10 Å². The zero-order valence-corrected chi connectivity index (χ0v) is 22.0. The third-order valence-electron chi connectivity index (χ3n) is 7.13. The average Bonchev–Trinajstić information content (AvgIpc) is 3.35. The zero-order valence-electron chi connectivity index (χ0n) is 21.2. The number of halogens is 1. The second-order valence-corrected chi connectivity index (χ2v) is 11.6. The molecule has 0 saturated heterocycles. The van der Waals surface area contributed by atoms with Crippen LogP contribution in [0.3, 0.4) is 0 Å². The maximum absolute atomic E-state index is 13.6. The van der Waals surface area contributed by atoms with Crippen LogP contribution in [0.5, 0.6) is 0 Å². The first-order chi connectivity index (χ1) is 18.3. The van der Waals surface area contributed by atoms with E-state index >= 15 is 0 Å². The molecule has 1 fully saturated rings. The fraction of sp³-hybridized carbons (Fsp3) is 0.310. The Labute approximate surface area is 222 Å². The first-order valence-electron chi connectivity index (χ1n) is 12.9. The molecule has 1 aliphatic carbocycles. The van der Waals surface area contributed by atoms with Gasteiger partial charge in [0.05, 0.1) is 22.3 Å². The van der Waals surface area contributed by atoms with E-state index in [1.54, 1.807) is 24.3 Å². The Morgan fingerprint density at radius 3 is 2.24 bits per heavy atom. The van der Waals surface area contributed by atoms with Crippen LogP contribution in [0.1, 0.15) is 61.3 Å². The normalized spacial score (nSPS) is 18.2. The Morgan fingerprint density at radius 1 is 0.921 bits per heavy atom. The van der Waals surface area contributed by atoms with Gasteiger partial charge in [0.2, 0.25) is 0 Å². The first-order valence-corrected chi connectivity index (χ1v) is 14.4. The van der Waals surface area contributed by atoms with Crippen LogP contribution < -0.4 is 15.0 Å². The smallest absolute Gasteiger partial charge is 0.328 e. The van der Waals surface area contributed by atoms with Gasteiger partial charge in [-0.05, 0) is 67.3 Å². The molecule has 1 saturated carbocycles. The number of anilines is 1. The zero-order chi connectivity index (χ0) is 26.7. The number of carbonyl (C=O) groups excluding carboxylic acids is 1. The van der Waals surface area contributed by atoms with E-state index in [0.29, 0.717) is 12.1 Å². The number of carbonyl (C=O) groups is 1. The molecular weight excluding hydrogens is 503 g/mol. The van der Waals surface area contributed by atoms with Crippen molar-refractivity contribution in [3.8, 4) is 0 Å². The number of urea groups is 1. The quantitative estimate of drug-likeness (QED) is 0.418. The highest BCUT2D eigenvalue weighted by Crippen LogP contribution is 2.37. The predicted molar refractivity (Wildman–Crippen MR) is 146 cm³/mol. The lowest BCUT2D eigenvalue weighted by Gasteiger charge is -2.24. The van der Waals surface area contributed by atoms with Gasteiger partial charge in [0.15, 0.2) is 0 Å². The van der Waals surface area contributed by atoms with Crippen LogP contribution in [0.15, 0.2) is 82.8 Å². The van der Waals surface area contributed by atoms with Gasteiger partial charge < -0.3 is 5.32 Å². The molecule has 2 N–H and O–H groups in total. The topological polar surface area (TPSA) is 90.9 Å². The Bertz CT molecular complexity index is 1420. The highest BCUT2D eigenvalue weighted by Gasteiger charge is 2.30. The summed E-state index contributed by atoms with van der Waals surface area (Å²) < 4.78 is 41.4. The van der Waals surface area contributed by atoms with Crippen molar-refractivity contribution in [3.63, 3.8) is 0 Å². The third-order valence-corrected chi connectivity index (χ3v) is 8.48. The average molecular weight is 535 g/mol. The monoisotopic (exact) mass is 534 g/mol. The SMILES string of the molecule is Cc1ccc(C2=NN(c3ccc(S(=O)(=O)NC(=O)NC4CCCCC4)cc3)C(c3ccc(F)cc3)C2)cc1. The fourth-order valence-electron chi connectivity index (χ4n) is 5.03. The minimum atomic E-state index is -4.04. The number of sulfonamides is 1. The predicted octanol–water partition coefficient (Wildman–Crippen LogP) is 5.81. The van der Waals surface area contributed by atoms with Crippen molar-refractivity contribution < 1.29 is 17.6 Å². The van der Waals surface area contributed by atoms with E-state index < -0.39 is 16.1 Å². The molecule has 0 spiro atoms. The summed E-state index contributed by atoms with van der Waals surface area (Å²) in [7, 11) is -4.04. The summed E-state index contributed by atoms with van der Waals surface area (Å²) in [4.78, 5) is 12.3. The number of amides is 2. The Hall–Kier alpha value is -3.72. The highest BCUT2D eigenvalue weighted by molar-refractivity contribution is 7.90. The molecule has 7 nitrogen and oxygen atoms in total. The number of hydrogen-bond acceptors (Lipinski definition) is 5. The van der Waals surface area contributed by atoms with Crippen molar-refractivity contribution in [2.75, 3.05) is 5.01 Å². The van der Waals surface area contributed by atoms with Crippen LogP contribution in [0, 0.1) is 12.7 Å². The summed E-state index contributed by atoms with van der Waals surface area (Å²) >= 11 is 0. The number of hydrogen-bond donors (Lipinski definition) is 2. The highest BCUT2D eigenvalue weighted by atomic mass is 32.2. The van der Waals surface area contributed by atoms with Gasteiger partial charge in [-0.3, -0.25) is 5.01 Å². The lowest BCUT2D eigenvalue weighted by Crippen LogP contribution is -2.45. The van der Waals surface area contributed by atoms with Gasteiger partial charge in [0.1, 0.15) is 5.82 Å². The van der Waals surface area contributed by atoms with Gasteiger partial charge in [0, 0.05) is 12.5 Å². The largest absolute Gasteiger partial charge is 0.335 e. The minimum absolute atomic E-state index is 0.000439. The van der Waals surface area contributed by atoms with E-state index in [-0.39, 0.29) is 22.8 Å².